The van der Waals surface area contributed by atoms with Crippen molar-refractivity contribution in [2.45, 2.75) is 171 Å². The Morgan fingerprint density at radius 3 is 1.32 bits per heavy atom. The zero-order valence-corrected chi connectivity index (χ0v) is 46.4. The molecule has 0 saturated carbocycles. The summed E-state index contributed by atoms with van der Waals surface area (Å²) in [5.74, 6) is 1.07. The Morgan fingerprint density at radius 1 is 0.389 bits per heavy atom. The Hall–Kier alpha value is -5.73. The lowest BCUT2D eigenvalue weighted by molar-refractivity contribution is 0.590. The molecule has 0 spiro atoms. The molecule has 0 saturated heterocycles. The van der Waals surface area contributed by atoms with Gasteiger partial charge in [0.2, 0.25) is 13.4 Å². The molecule has 366 valence electrons. The van der Waals surface area contributed by atoms with Crippen molar-refractivity contribution in [3.63, 3.8) is 0 Å². The SMILES string of the molecule is [2H]c1c([2H])c([2H])c2c(c1[2H])c1c([2H])c([2H])c([2H])c3c1n2-c1cc2c(cc1B3c1c(C(C)C)cc(C(C)C)cc1C(C)C)-n1c3ccc(C(C)(C)C)cc3c3cc(C(C)(C)C)cc(c31)B2c1c(C(C)C)cc(C(C)C)cc1C(C)C. The first-order chi connectivity index (χ1) is 36.9. The van der Waals surface area contributed by atoms with E-state index in [2.05, 4.69) is 196 Å². The zero-order chi connectivity index (χ0) is 57.4. The topological polar surface area (TPSA) is 9.86 Å². The van der Waals surface area contributed by atoms with Crippen molar-refractivity contribution in [2.24, 2.45) is 0 Å². The summed E-state index contributed by atoms with van der Waals surface area (Å²) in [4.78, 5) is 0. The molecule has 72 heavy (non-hydrogen) atoms. The van der Waals surface area contributed by atoms with Crippen molar-refractivity contribution >= 4 is 89.8 Å². The van der Waals surface area contributed by atoms with E-state index in [1.54, 1.807) is 0 Å². The monoisotopic (exact) mass is 952 g/mol. The molecule has 2 aliphatic rings. The largest absolute Gasteiger partial charge is 0.310 e. The number of hydrogen-bond acceptors (Lipinski definition) is 0. The Kier molecular flexibility index (Phi) is 9.56. The standard InChI is InChI=1S/C68H78B2N2/c1-37(2)43-28-49(39(5)6)63(50(29-43)40(7)8)69-55-24-21-23-48-47-22-19-20-25-59(47)71(65(48)55)61-36-57-62(35-56(61)69)72-60-27-26-45(67(13,14)15)32-53(60)54-33-46(68(16,17)18)34-58(66(54)72)70(57)64-51(41(9)10)30-44(38(3)4)31-52(64)42(11)12/h19-42H,1-18H3/i19D,20D,21D,22D,23D,24D,25D. The number of aromatic nitrogens is 2. The van der Waals surface area contributed by atoms with Crippen molar-refractivity contribution in [3.8, 4) is 11.4 Å². The summed E-state index contributed by atoms with van der Waals surface area (Å²) in [6.45, 7) is 40.3. The van der Waals surface area contributed by atoms with Crippen LogP contribution < -0.4 is 32.8 Å². The first kappa shape index (κ1) is 40.7. The summed E-state index contributed by atoms with van der Waals surface area (Å²) in [6, 6.07) is 24.7. The molecule has 7 aromatic carbocycles. The molecular weight excluding hydrogens is 866 g/mol. The highest BCUT2D eigenvalue weighted by atomic mass is 15.0. The van der Waals surface area contributed by atoms with Crippen LogP contribution >= 0.6 is 0 Å². The quantitative estimate of drug-likeness (QED) is 0.134. The summed E-state index contributed by atoms with van der Waals surface area (Å²) in [6.07, 6.45) is 0. The van der Waals surface area contributed by atoms with Gasteiger partial charge in [0, 0.05) is 44.0 Å². The second-order valence-electron chi connectivity index (χ2n) is 25.6. The predicted octanol–water partition coefficient (Wildman–Crippen LogP) is 14.9. The second kappa shape index (κ2) is 16.9. The third-order valence-electron chi connectivity index (χ3n) is 16.7. The van der Waals surface area contributed by atoms with E-state index in [9.17, 15) is 8.22 Å². The smallest absolute Gasteiger partial charge is 0.247 e. The van der Waals surface area contributed by atoms with Crippen LogP contribution in [0.1, 0.15) is 214 Å². The van der Waals surface area contributed by atoms with Gasteiger partial charge in [0.1, 0.15) is 0 Å². The van der Waals surface area contributed by atoms with Gasteiger partial charge in [-0.3, -0.25) is 0 Å². The number of fused-ring (bicyclic) bond motifs is 10. The molecule has 9 aromatic rings. The fraction of sp³-hybridized carbons (Fsp3) is 0.382. The molecule has 0 amide bonds. The van der Waals surface area contributed by atoms with Crippen molar-refractivity contribution in [3.05, 3.63) is 154 Å². The molecule has 0 atom stereocenters. The molecule has 11 rings (SSSR count). The Bertz CT molecular complexity index is 4040. The highest BCUT2D eigenvalue weighted by Crippen LogP contribution is 2.41. The molecule has 2 aliphatic heterocycles. The average Bonchev–Trinajstić information content (AvgIpc) is 1.93. The molecule has 0 radical (unpaired) electrons. The number of para-hydroxylation sites is 2. The van der Waals surface area contributed by atoms with E-state index in [-0.39, 0.29) is 100 Å². The summed E-state index contributed by atoms with van der Waals surface area (Å²) < 4.78 is 72.1. The fourth-order valence-electron chi connectivity index (χ4n) is 12.7. The van der Waals surface area contributed by atoms with Crippen LogP contribution in [0.3, 0.4) is 0 Å². The van der Waals surface area contributed by atoms with Crippen LogP contribution in [0.5, 0.6) is 0 Å². The third-order valence-corrected chi connectivity index (χ3v) is 16.7. The normalized spacial score (nSPS) is 15.2. The minimum Gasteiger partial charge on any atom is -0.310 e. The van der Waals surface area contributed by atoms with E-state index in [0.717, 1.165) is 33.3 Å². The van der Waals surface area contributed by atoms with Gasteiger partial charge in [0.25, 0.3) is 0 Å². The lowest BCUT2D eigenvalue weighted by Gasteiger charge is -2.36. The van der Waals surface area contributed by atoms with Gasteiger partial charge in [-0.2, -0.15) is 0 Å². The summed E-state index contributed by atoms with van der Waals surface area (Å²) in [5, 5.41) is 2.92. The van der Waals surface area contributed by atoms with Gasteiger partial charge in [-0.15, -0.1) is 0 Å². The van der Waals surface area contributed by atoms with Crippen molar-refractivity contribution in [1.82, 2.24) is 9.13 Å². The highest BCUT2D eigenvalue weighted by molar-refractivity contribution is 7.00. The van der Waals surface area contributed by atoms with Crippen LogP contribution in [-0.4, -0.2) is 22.6 Å². The molecule has 0 unspecified atom stereocenters. The lowest BCUT2D eigenvalue weighted by Crippen LogP contribution is -2.62. The summed E-state index contributed by atoms with van der Waals surface area (Å²) >= 11 is 0. The van der Waals surface area contributed by atoms with E-state index in [0.29, 0.717) is 22.3 Å². The molecule has 0 N–H and O–H groups in total. The maximum atomic E-state index is 10.2. The van der Waals surface area contributed by atoms with E-state index in [1.165, 1.54) is 71.7 Å². The molecule has 0 fully saturated rings. The van der Waals surface area contributed by atoms with E-state index >= 15 is 0 Å². The van der Waals surface area contributed by atoms with Crippen molar-refractivity contribution in [1.29, 1.82) is 0 Å². The summed E-state index contributed by atoms with van der Waals surface area (Å²) in [5.41, 5.74) is 20.8. The van der Waals surface area contributed by atoms with E-state index in [4.69, 9.17) is 1.37 Å². The van der Waals surface area contributed by atoms with Gasteiger partial charge in [0.05, 0.1) is 20.6 Å². The molecule has 4 heterocycles. The minimum absolute atomic E-state index is 0.0580. The molecule has 2 nitrogen and oxygen atoms in total. The van der Waals surface area contributed by atoms with Crippen molar-refractivity contribution in [2.75, 3.05) is 0 Å². The highest BCUT2D eigenvalue weighted by Gasteiger charge is 2.43. The Morgan fingerprint density at radius 2 is 0.833 bits per heavy atom. The van der Waals surface area contributed by atoms with Crippen LogP contribution in [0.25, 0.3) is 55.0 Å². The number of rotatable bonds is 8. The molecule has 4 heteroatoms. The van der Waals surface area contributed by atoms with Gasteiger partial charge < -0.3 is 9.13 Å². The van der Waals surface area contributed by atoms with E-state index < -0.39 is 6.71 Å². The van der Waals surface area contributed by atoms with Crippen LogP contribution in [0.15, 0.2) is 109 Å². The predicted molar refractivity (Wildman–Crippen MR) is 319 cm³/mol. The van der Waals surface area contributed by atoms with Crippen LogP contribution in [0.2, 0.25) is 0 Å². The minimum atomic E-state index is -0.613. The van der Waals surface area contributed by atoms with Crippen LogP contribution in [0.4, 0.5) is 0 Å². The second-order valence-corrected chi connectivity index (χ2v) is 25.6. The van der Waals surface area contributed by atoms with Gasteiger partial charge in [-0.1, -0.05) is 208 Å². The summed E-state index contributed by atoms with van der Waals surface area (Å²) in [7, 11) is 0. The maximum absolute atomic E-state index is 10.2. The van der Waals surface area contributed by atoms with Gasteiger partial charge in [-0.05, 0) is 149 Å². The van der Waals surface area contributed by atoms with Gasteiger partial charge in [0.15, 0.2) is 0 Å². The van der Waals surface area contributed by atoms with E-state index in [1.807, 2.05) is 4.57 Å². The van der Waals surface area contributed by atoms with Crippen LogP contribution in [0, 0.1) is 0 Å². The first-order valence-electron chi connectivity index (χ1n) is 30.6. The average molecular weight is 952 g/mol. The molecule has 0 aliphatic carbocycles. The Labute approximate surface area is 442 Å². The molecule has 0 bridgehead atoms. The Balaban J connectivity index is 1.45. The maximum Gasteiger partial charge on any atom is 0.247 e. The van der Waals surface area contributed by atoms with Crippen molar-refractivity contribution < 1.29 is 9.60 Å². The zero-order valence-electron chi connectivity index (χ0n) is 53.4. The van der Waals surface area contributed by atoms with Gasteiger partial charge >= 0.3 is 0 Å². The van der Waals surface area contributed by atoms with Crippen LogP contribution in [-0.2, 0) is 10.8 Å². The lowest BCUT2D eigenvalue weighted by atomic mass is 9.31. The third kappa shape index (κ3) is 7.26. The molecular formula is C68H78B2N2. The number of benzene rings is 7. The number of hydrogen-bond donors (Lipinski definition) is 0. The fourth-order valence-corrected chi connectivity index (χ4v) is 12.7. The van der Waals surface area contributed by atoms with Gasteiger partial charge in [-0.25, -0.2) is 0 Å². The molecule has 2 aromatic heterocycles. The number of nitrogens with zero attached hydrogens (tertiary/aromatic N) is 2. The first-order valence-corrected chi connectivity index (χ1v) is 27.1.